The zero-order chi connectivity index (χ0) is 15.5. The summed E-state index contributed by atoms with van der Waals surface area (Å²) in [6.45, 7) is 3.54. The van der Waals surface area contributed by atoms with Crippen LogP contribution in [-0.2, 0) is 6.61 Å². The van der Waals surface area contributed by atoms with Crippen LogP contribution >= 0.6 is 43.6 Å². The summed E-state index contributed by atoms with van der Waals surface area (Å²) in [6.07, 6.45) is 0. The summed E-state index contributed by atoms with van der Waals surface area (Å²) in [7, 11) is 0. The smallest absolute Gasteiger partial charge is 0.148 e. The maximum absolute atomic E-state index is 5.99. The molecule has 0 bridgehead atoms. The summed E-state index contributed by atoms with van der Waals surface area (Å²) in [5.41, 5.74) is 3.54. The first-order valence-corrected chi connectivity index (χ1v) is 9.55. The molecule has 3 rings (SSSR count). The molecule has 1 aliphatic heterocycles. The fraction of sp³-hybridized carbons (Fsp3) is 0.235. The Labute approximate surface area is 151 Å². The largest absolute Gasteiger partial charge is 0.487 e. The Kier molecular flexibility index (Phi) is 5.26. The van der Waals surface area contributed by atoms with Gasteiger partial charge in [0.05, 0.1) is 14.0 Å². The molecule has 5 heteroatoms. The van der Waals surface area contributed by atoms with Gasteiger partial charge in [-0.2, -0.15) is 0 Å². The highest BCUT2D eigenvalue weighted by Gasteiger charge is 2.15. The molecule has 0 radical (unpaired) electrons. The zero-order valence-electron chi connectivity index (χ0n) is 12.1. The van der Waals surface area contributed by atoms with E-state index in [1.165, 1.54) is 11.1 Å². The highest BCUT2D eigenvalue weighted by atomic mass is 79.9. The van der Waals surface area contributed by atoms with Crippen LogP contribution < -0.4 is 4.74 Å². The first-order chi connectivity index (χ1) is 10.6. The molecule has 0 atom stereocenters. The molecule has 0 saturated carbocycles. The Balaban J connectivity index is 1.79. The number of aryl methyl sites for hydroxylation is 1. The van der Waals surface area contributed by atoms with Crippen molar-refractivity contribution in [1.29, 1.82) is 0 Å². The number of aliphatic imine (C=N–C) groups is 1. The molecule has 0 aromatic heterocycles. The second-order valence-corrected chi connectivity index (χ2v) is 7.87. The van der Waals surface area contributed by atoms with E-state index in [1.54, 1.807) is 11.8 Å². The Bertz CT molecular complexity index is 707. The Hall–Kier alpha value is -0.780. The fourth-order valence-electron chi connectivity index (χ4n) is 2.29. The molecule has 0 unspecified atom stereocenters. The molecule has 22 heavy (non-hydrogen) atoms. The van der Waals surface area contributed by atoms with Gasteiger partial charge in [-0.05, 0) is 56.5 Å². The number of halogens is 2. The van der Waals surface area contributed by atoms with Crippen LogP contribution in [0.1, 0.15) is 16.7 Å². The van der Waals surface area contributed by atoms with Crippen molar-refractivity contribution in [3.05, 3.63) is 62.0 Å². The van der Waals surface area contributed by atoms with Gasteiger partial charge in [0.2, 0.25) is 0 Å². The molecule has 0 saturated heterocycles. The molecule has 1 aliphatic rings. The SMILES string of the molecule is Cc1cccc(COc2c(Br)cc(C3=NCCS3)cc2Br)c1. The summed E-state index contributed by atoms with van der Waals surface area (Å²) < 4.78 is 7.87. The topological polar surface area (TPSA) is 21.6 Å². The highest BCUT2D eigenvalue weighted by Crippen LogP contribution is 2.37. The van der Waals surface area contributed by atoms with E-state index in [1.807, 2.05) is 0 Å². The van der Waals surface area contributed by atoms with E-state index in [0.717, 1.165) is 37.6 Å². The summed E-state index contributed by atoms with van der Waals surface area (Å²) in [4.78, 5) is 4.52. The van der Waals surface area contributed by atoms with Crippen LogP contribution in [0.15, 0.2) is 50.3 Å². The van der Waals surface area contributed by atoms with Crippen molar-refractivity contribution in [2.45, 2.75) is 13.5 Å². The molecule has 1 heterocycles. The monoisotopic (exact) mass is 439 g/mol. The van der Waals surface area contributed by atoms with Crippen molar-refractivity contribution in [3.8, 4) is 5.75 Å². The van der Waals surface area contributed by atoms with E-state index in [0.29, 0.717) is 6.61 Å². The molecule has 0 amide bonds. The van der Waals surface area contributed by atoms with Gasteiger partial charge in [-0.3, -0.25) is 4.99 Å². The minimum absolute atomic E-state index is 0.550. The Morgan fingerprint density at radius 3 is 2.59 bits per heavy atom. The molecule has 2 aromatic carbocycles. The lowest BCUT2D eigenvalue weighted by Gasteiger charge is -2.12. The van der Waals surface area contributed by atoms with Crippen molar-refractivity contribution in [1.82, 2.24) is 0 Å². The van der Waals surface area contributed by atoms with E-state index in [4.69, 9.17) is 4.74 Å². The molecule has 0 spiro atoms. The van der Waals surface area contributed by atoms with Gasteiger partial charge in [0.1, 0.15) is 12.4 Å². The van der Waals surface area contributed by atoms with Gasteiger partial charge in [-0.15, -0.1) is 11.8 Å². The predicted octanol–water partition coefficient (Wildman–Crippen LogP) is 5.59. The molecule has 2 nitrogen and oxygen atoms in total. The molecule has 2 aromatic rings. The molecular formula is C17H15Br2NOS. The van der Waals surface area contributed by atoms with Crippen molar-refractivity contribution in [3.63, 3.8) is 0 Å². The summed E-state index contributed by atoms with van der Waals surface area (Å²) in [6, 6.07) is 12.5. The molecule has 0 N–H and O–H groups in total. The van der Waals surface area contributed by atoms with Crippen LogP contribution in [0.2, 0.25) is 0 Å². The average molecular weight is 441 g/mol. The van der Waals surface area contributed by atoms with Crippen LogP contribution in [-0.4, -0.2) is 17.3 Å². The van der Waals surface area contributed by atoms with Gasteiger partial charge in [-0.25, -0.2) is 0 Å². The molecular weight excluding hydrogens is 426 g/mol. The van der Waals surface area contributed by atoms with E-state index in [2.05, 4.69) is 80.2 Å². The number of thioether (sulfide) groups is 1. The van der Waals surface area contributed by atoms with E-state index < -0.39 is 0 Å². The zero-order valence-corrected chi connectivity index (χ0v) is 16.1. The van der Waals surface area contributed by atoms with Crippen LogP contribution in [0, 0.1) is 6.92 Å². The maximum atomic E-state index is 5.99. The predicted molar refractivity (Wildman–Crippen MR) is 101 cm³/mol. The molecule has 0 aliphatic carbocycles. The summed E-state index contributed by atoms with van der Waals surface area (Å²) in [5.74, 6) is 1.89. The van der Waals surface area contributed by atoms with E-state index >= 15 is 0 Å². The van der Waals surface area contributed by atoms with Crippen molar-refractivity contribution < 1.29 is 4.74 Å². The van der Waals surface area contributed by atoms with Gasteiger partial charge in [0, 0.05) is 17.9 Å². The number of nitrogens with zero attached hydrogens (tertiary/aromatic N) is 1. The number of benzene rings is 2. The van der Waals surface area contributed by atoms with Crippen molar-refractivity contribution >= 4 is 48.7 Å². The normalized spacial score (nSPS) is 14.0. The minimum atomic E-state index is 0.550. The highest BCUT2D eigenvalue weighted by molar-refractivity contribution is 9.11. The Morgan fingerprint density at radius 1 is 1.18 bits per heavy atom. The number of hydrogen-bond acceptors (Lipinski definition) is 3. The van der Waals surface area contributed by atoms with Crippen LogP contribution in [0.3, 0.4) is 0 Å². The first kappa shape index (κ1) is 16.1. The summed E-state index contributed by atoms with van der Waals surface area (Å²) in [5, 5.41) is 1.10. The van der Waals surface area contributed by atoms with E-state index in [9.17, 15) is 0 Å². The number of rotatable bonds is 4. The lowest BCUT2D eigenvalue weighted by atomic mass is 10.1. The van der Waals surface area contributed by atoms with E-state index in [-0.39, 0.29) is 0 Å². The Morgan fingerprint density at radius 2 is 1.95 bits per heavy atom. The van der Waals surface area contributed by atoms with Crippen LogP contribution in [0.25, 0.3) is 0 Å². The lowest BCUT2D eigenvalue weighted by molar-refractivity contribution is 0.302. The third-order valence-corrected chi connectivity index (χ3v) is 5.50. The summed E-state index contributed by atoms with van der Waals surface area (Å²) >= 11 is 9.03. The second kappa shape index (κ2) is 7.20. The van der Waals surface area contributed by atoms with Gasteiger partial charge >= 0.3 is 0 Å². The fourth-order valence-corrected chi connectivity index (χ4v) is 4.55. The van der Waals surface area contributed by atoms with Gasteiger partial charge in [0.15, 0.2) is 0 Å². The standard InChI is InChI=1S/C17H15Br2NOS/c1-11-3-2-4-12(7-11)10-21-16-14(18)8-13(9-15(16)19)17-20-5-6-22-17/h2-4,7-9H,5-6,10H2,1H3. The third-order valence-electron chi connectivity index (χ3n) is 3.30. The number of ether oxygens (including phenoxy) is 1. The van der Waals surface area contributed by atoms with Gasteiger partial charge in [-0.1, -0.05) is 29.8 Å². The minimum Gasteiger partial charge on any atom is -0.487 e. The number of hydrogen-bond donors (Lipinski definition) is 0. The quantitative estimate of drug-likeness (QED) is 0.617. The van der Waals surface area contributed by atoms with Crippen LogP contribution in [0.4, 0.5) is 0 Å². The lowest BCUT2D eigenvalue weighted by Crippen LogP contribution is -1.99. The average Bonchev–Trinajstić information content (AvgIpc) is 3.00. The van der Waals surface area contributed by atoms with Crippen LogP contribution in [0.5, 0.6) is 5.75 Å². The van der Waals surface area contributed by atoms with Gasteiger partial charge in [0.25, 0.3) is 0 Å². The molecule has 114 valence electrons. The van der Waals surface area contributed by atoms with Crippen molar-refractivity contribution in [2.24, 2.45) is 4.99 Å². The maximum Gasteiger partial charge on any atom is 0.148 e. The molecule has 0 fully saturated rings. The third kappa shape index (κ3) is 3.76. The van der Waals surface area contributed by atoms with Crippen molar-refractivity contribution in [2.75, 3.05) is 12.3 Å². The first-order valence-electron chi connectivity index (χ1n) is 6.98. The second-order valence-electron chi connectivity index (χ2n) is 5.08. The van der Waals surface area contributed by atoms with Gasteiger partial charge < -0.3 is 4.74 Å².